The van der Waals surface area contributed by atoms with Gasteiger partial charge in [-0.1, -0.05) is 0 Å². The third-order valence-corrected chi connectivity index (χ3v) is 0.861. The summed E-state index contributed by atoms with van der Waals surface area (Å²) in [5, 5.41) is 10.1. The lowest BCUT2D eigenvalue weighted by Crippen LogP contribution is -2.26. The van der Waals surface area contributed by atoms with Crippen LogP contribution in [-0.4, -0.2) is 30.3 Å². The third-order valence-electron chi connectivity index (χ3n) is 0.861. The van der Waals surface area contributed by atoms with Gasteiger partial charge in [0.25, 0.3) is 0 Å². The molecular weight excluding hydrogens is 163 g/mol. The van der Waals surface area contributed by atoms with Crippen molar-refractivity contribution in [1.29, 1.82) is 0 Å². The Balaban J connectivity index is 3.22. The zero-order chi connectivity index (χ0) is 8.91. The SMILES string of the molecule is O=C(O)CNCCC(F)(F)F. The van der Waals surface area contributed by atoms with Gasteiger partial charge in [0.1, 0.15) is 0 Å². The predicted molar refractivity (Wildman–Crippen MR) is 31.2 cm³/mol. The second-order valence-corrected chi connectivity index (χ2v) is 1.94. The number of carboxylic acid groups (broad SMARTS) is 1. The number of carboxylic acids is 1. The van der Waals surface area contributed by atoms with Crippen LogP contribution >= 0.6 is 0 Å². The monoisotopic (exact) mass is 171 g/mol. The first kappa shape index (κ1) is 10.2. The van der Waals surface area contributed by atoms with Crippen LogP contribution in [-0.2, 0) is 4.79 Å². The summed E-state index contributed by atoms with van der Waals surface area (Å²) < 4.78 is 34.2. The Morgan fingerprint density at radius 2 is 2.00 bits per heavy atom. The lowest BCUT2D eigenvalue weighted by atomic mass is 10.4. The average Bonchev–Trinajstić information content (AvgIpc) is 1.78. The summed E-state index contributed by atoms with van der Waals surface area (Å²) in [5.74, 6) is -1.16. The van der Waals surface area contributed by atoms with Gasteiger partial charge in [-0.25, -0.2) is 0 Å². The Labute approximate surface area is 61.2 Å². The van der Waals surface area contributed by atoms with Gasteiger partial charge in [-0.05, 0) is 0 Å². The van der Waals surface area contributed by atoms with Crippen LogP contribution in [0.3, 0.4) is 0 Å². The minimum Gasteiger partial charge on any atom is -0.480 e. The maximum atomic E-state index is 11.4. The molecule has 0 saturated heterocycles. The van der Waals surface area contributed by atoms with Crippen molar-refractivity contribution in [2.75, 3.05) is 13.1 Å². The van der Waals surface area contributed by atoms with Gasteiger partial charge in [-0.3, -0.25) is 4.79 Å². The second-order valence-electron chi connectivity index (χ2n) is 1.94. The Hall–Kier alpha value is -0.780. The fraction of sp³-hybridized carbons (Fsp3) is 0.800. The minimum absolute atomic E-state index is 0.351. The maximum Gasteiger partial charge on any atom is 0.390 e. The molecule has 0 spiro atoms. The van der Waals surface area contributed by atoms with Crippen molar-refractivity contribution in [1.82, 2.24) is 5.32 Å². The zero-order valence-corrected chi connectivity index (χ0v) is 5.61. The number of aliphatic carboxylic acids is 1. The molecule has 6 heteroatoms. The summed E-state index contributed by atoms with van der Waals surface area (Å²) in [5.41, 5.74) is 0. The fourth-order valence-electron chi connectivity index (χ4n) is 0.425. The Kier molecular flexibility index (Phi) is 3.88. The van der Waals surface area contributed by atoms with E-state index < -0.39 is 25.1 Å². The lowest BCUT2D eigenvalue weighted by Gasteiger charge is -2.05. The first-order chi connectivity index (χ1) is 4.92. The molecule has 0 saturated carbocycles. The third kappa shape index (κ3) is 9.22. The molecule has 11 heavy (non-hydrogen) atoms. The number of alkyl halides is 3. The van der Waals surface area contributed by atoms with Gasteiger partial charge >= 0.3 is 12.1 Å². The van der Waals surface area contributed by atoms with Crippen LogP contribution < -0.4 is 5.32 Å². The van der Waals surface area contributed by atoms with Crippen LogP contribution in [0.2, 0.25) is 0 Å². The van der Waals surface area contributed by atoms with E-state index in [0.29, 0.717) is 0 Å². The van der Waals surface area contributed by atoms with E-state index in [1.165, 1.54) is 0 Å². The Bertz CT molecular complexity index is 134. The van der Waals surface area contributed by atoms with Gasteiger partial charge in [-0.15, -0.1) is 0 Å². The molecule has 0 rings (SSSR count). The smallest absolute Gasteiger partial charge is 0.390 e. The molecule has 2 N–H and O–H groups in total. The van der Waals surface area contributed by atoms with Crippen LogP contribution in [0.1, 0.15) is 6.42 Å². The fourth-order valence-corrected chi connectivity index (χ4v) is 0.425. The molecule has 0 aromatic heterocycles. The molecule has 0 radical (unpaired) electrons. The number of halogens is 3. The van der Waals surface area contributed by atoms with Crippen molar-refractivity contribution in [2.45, 2.75) is 12.6 Å². The quantitative estimate of drug-likeness (QED) is 0.609. The van der Waals surface area contributed by atoms with Crippen molar-refractivity contribution in [2.24, 2.45) is 0 Å². The molecule has 0 fully saturated rings. The van der Waals surface area contributed by atoms with Crippen molar-refractivity contribution in [3.05, 3.63) is 0 Å². The molecule has 0 unspecified atom stereocenters. The van der Waals surface area contributed by atoms with Gasteiger partial charge in [0.15, 0.2) is 0 Å². The number of nitrogens with one attached hydrogen (secondary N) is 1. The normalized spacial score (nSPS) is 11.5. The minimum atomic E-state index is -4.22. The lowest BCUT2D eigenvalue weighted by molar-refractivity contribution is -0.139. The van der Waals surface area contributed by atoms with Gasteiger partial charge < -0.3 is 10.4 Å². The van der Waals surface area contributed by atoms with Crippen molar-refractivity contribution in [3.8, 4) is 0 Å². The van der Waals surface area contributed by atoms with Crippen LogP contribution in [0.4, 0.5) is 13.2 Å². The molecule has 3 nitrogen and oxygen atoms in total. The van der Waals surface area contributed by atoms with Crippen LogP contribution in [0.5, 0.6) is 0 Å². The molecule has 0 bridgehead atoms. The van der Waals surface area contributed by atoms with Crippen LogP contribution in [0.25, 0.3) is 0 Å². The average molecular weight is 171 g/mol. The first-order valence-electron chi connectivity index (χ1n) is 2.91. The van der Waals surface area contributed by atoms with E-state index in [9.17, 15) is 18.0 Å². The predicted octanol–water partition coefficient (Wildman–Crippen LogP) is 0.613. The summed E-state index contributed by atoms with van der Waals surface area (Å²) in [6, 6.07) is 0. The Morgan fingerprint density at radius 1 is 1.45 bits per heavy atom. The van der Waals surface area contributed by atoms with E-state index >= 15 is 0 Å². The molecule has 66 valence electrons. The van der Waals surface area contributed by atoms with Crippen molar-refractivity contribution >= 4 is 5.97 Å². The second kappa shape index (κ2) is 4.17. The highest BCUT2D eigenvalue weighted by molar-refractivity contribution is 5.68. The van der Waals surface area contributed by atoms with Crippen LogP contribution in [0, 0.1) is 0 Å². The number of hydrogen-bond acceptors (Lipinski definition) is 2. The maximum absolute atomic E-state index is 11.4. The van der Waals surface area contributed by atoms with E-state index in [4.69, 9.17) is 5.11 Å². The summed E-state index contributed by atoms with van der Waals surface area (Å²) in [7, 11) is 0. The van der Waals surface area contributed by atoms with E-state index in [1.54, 1.807) is 0 Å². The molecule has 0 aliphatic carbocycles. The number of hydrogen-bond donors (Lipinski definition) is 2. The summed E-state index contributed by atoms with van der Waals surface area (Å²) in [6.45, 7) is -0.786. The molecule has 0 aromatic carbocycles. The zero-order valence-electron chi connectivity index (χ0n) is 5.61. The summed E-state index contributed by atoms with van der Waals surface area (Å²) >= 11 is 0. The summed E-state index contributed by atoms with van der Waals surface area (Å²) in [6.07, 6.45) is -5.22. The summed E-state index contributed by atoms with van der Waals surface area (Å²) in [4.78, 5) is 9.78. The molecule has 0 aliphatic heterocycles. The Morgan fingerprint density at radius 3 is 2.36 bits per heavy atom. The van der Waals surface area contributed by atoms with E-state index in [2.05, 4.69) is 5.32 Å². The largest absolute Gasteiger partial charge is 0.480 e. The van der Waals surface area contributed by atoms with E-state index in [1.807, 2.05) is 0 Å². The van der Waals surface area contributed by atoms with Gasteiger partial charge in [0, 0.05) is 6.54 Å². The number of carbonyl (C=O) groups is 1. The van der Waals surface area contributed by atoms with Crippen LogP contribution in [0.15, 0.2) is 0 Å². The molecule has 0 aromatic rings. The highest BCUT2D eigenvalue weighted by Gasteiger charge is 2.25. The standard InChI is InChI=1S/C5H8F3NO2/c6-5(7,8)1-2-9-3-4(10)11/h9H,1-3H2,(H,10,11). The first-order valence-corrected chi connectivity index (χ1v) is 2.91. The molecular formula is C5H8F3NO2. The van der Waals surface area contributed by atoms with Gasteiger partial charge in [0.05, 0.1) is 13.0 Å². The molecule has 0 aliphatic rings. The highest BCUT2D eigenvalue weighted by Crippen LogP contribution is 2.17. The van der Waals surface area contributed by atoms with Crippen molar-refractivity contribution < 1.29 is 23.1 Å². The van der Waals surface area contributed by atoms with E-state index in [0.717, 1.165) is 0 Å². The topological polar surface area (TPSA) is 49.3 Å². The van der Waals surface area contributed by atoms with Gasteiger partial charge in [0.2, 0.25) is 0 Å². The van der Waals surface area contributed by atoms with E-state index in [-0.39, 0.29) is 6.54 Å². The molecule has 0 amide bonds. The van der Waals surface area contributed by atoms with Gasteiger partial charge in [-0.2, -0.15) is 13.2 Å². The number of rotatable bonds is 4. The van der Waals surface area contributed by atoms with Crippen molar-refractivity contribution in [3.63, 3.8) is 0 Å². The molecule has 0 atom stereocenters. The molecule has 0 heterocycles. The highest BCUT2D eigenvalue weighted by atomic mass is 19.4.